The molecule has 0 spiro atoms. The minimum absolute atomic E-state index is 0.0192. The van der Waals surface area contributed by atoms with Crippen molar-refractivity contribution in [1.29, 1.82) is 0 Å². The van der Waals surface area contributed by atoms with E-state index in [2.05, 4.69) is 53.6 Å². The van der Waals surface area contributed by atoms with Crippen molar-refractivity contribution in [2.45, 2.75) is 67.5 Å². The molecule has 3 aliphatic heterocycles. The number of anilines is 3. The molecule has 3 saturated heterocycles. The van der Waals surface area contributed by atoms with Gasteiger partial charge in [0.25, 0.3) is 17.1 Å². The van der Waals surface area contributed by atoms with E-state index in [0.29, 0.717) is 0 Å². The van der Waals surface area contributed by atoms with Crippen LogP contribution in [0.1, 0.15) is 18.7 Å². The number of phosphoric ester groups is 2. The molecule has 9 rings (SSSR count). The van der Waals surface area contributed by atoms with Crippen LogP contribution in [0, 0.1) is 5.92 Å². The molecule has 3 aliphatic rings. The molecule has 43 heteroatoms. The summed E-state index contributed by atoms with van der Waals surface area (Å²) in [5.74, 6) is -1.69. The number of aliphatic hydroxyl groups excluding tert-OH is 3. The van der Waals surface area contributed by atoms with Crippen LogP contribution in [-0.2, 0) is 71.2 Å². The van der Waals surface area contributed by atoms with Crippen LogP contribution in [0.3, 0.4) is 0 Å². The third-order valence-corrected chi connectivity index (χ3v) is 17.6. The first-order valence-corrected chi connectivity index (χ1v) is 28.1. The van der Waals surface area contributed by atoms with Gasteiger partial charge in [-0.2, -0.15) is 13.6 Å². The number of hydrogen-bond acceptors (Lipinski definition) is 29. The van der Waals surface area contributed by atoms with Gasteiger partial charge in [-0.15, -0.1) is 0 Å². The van der Waals surface area contributed by atoms with Crippen LogP contribution in [0.5, 0.6) is 0 Å². The number of rotatable bonds is 21. The van der Waals surface area contributed by atoms with Crippen LogP contribution in [0.25, 0.3) is 33.5 Å². The summed E-state index contributed by atoms with van der Waals surface area (Å²) in [7, 11) is -19.5. The summed E-state index contributed by atoms with van der Waals surface area (Å²) in [6.45, 7) is -3.40. The summed E-state index contributed by atoms with van der Waals surface area (Å²) in [6, 6.07) is -1.71. The Balaban J connectivity index is 0.869. The Hall–Kier alpha value is -5.15. The Labute approximate surface area is 428 Å². The van der Waals surface area contributed by atoms with E-state index >= 15 is 0 Å². The summed E-state index contributed by atoms with van der Waals surface area (Å²) < 4.78 is 110. The number of hydrogen-bond donors (Lipinski definition) is 12. The maximum atomic E-state index is 13.7. The molecule has 0 aromatic carbocycles. The highest BCUT2D eigenvalue weighted by Crippen LogP contribution is 2.68. The molecule has 5 unspecified atom stereocenters. The third kappa shape index (κ3) is 11.5. The van der Waals surface area contributed by atoms with Gasteiger partial charge in [0, 0.05) is 20.1 Å². The average Bonchev–Trinajstić information content (AvgIpc) is 4.21. The highest BCUT2D eigenvalue weighted by Gasteiger charge is 2.52. The molecule has 16 atom stereocenters. The normalized spacial score (nSPS) is 30.0. The van der Waals surface area contributed by atoms with E-state index < -0.39 is 136 Å². The molecule has 77 heavy (non-hydrogen) atoms. The monoisotopic (exact) mass is 1170 g/mol. The average molecular weight is 1170 g/mol. The second-order valence-electron chi connectivity index (χ2n) is 17.2. The molecule has 0 bridgehead atoms. The predicted octanol–water partition coefficient (Wildman–Crippen LogP) is -4.87. The number of methoxy groups -OCH3 is 2. The number of nitrogens with one attached hydrogen (secondary N) is 3. The zero-order valence-electron chi connectivity index (χ0n) is 39.7. The first-order valence-electron chi connectivity index (χ1n) is 22.1. The first kappa shape index (κ1) is 56.6. The van der Waals surface area contributed by atoms with Crippen LogP contribution in [0.4, 0.5) is 17.7 Å². The number of aryl methyl sites for hydroxylation is 1. The summed E-state index contributed by atoms with van der Waals surface area (Å²) >= 11 is 0. The number of ether oxygens (including phenoxy) is 5. The van der Waals surface area contributed by atoms with E-state index in [4.69, 9.17) is 54.5 Å². The van der Waals surface area contributed by atoms with Crippen LogP contribution < -0.4 is 42.9 Å². The van der Waals surface area contributed by atoms with Gasteiger partial charge in [-0.1, -0.05) is 4.98 Å². The lowest BCUT2D eigenvalue weighted by atomic mass is 9.99. The lowest BCUT2D eigenvalue weighted by Crippen LogP contribution is -2.47. The zero-order chi connectivity index (χ0) is 55.7. The molecule has 0 radical (unpaired) electrons. The molecule has 0 amide bonds. The van der Waals surface area contributed by atoms with Crippen molar-refractivity contribution in [3.8, 4) is 0 Å². The lowest BCUT2D eigenvalue weighted by Gasteiger charge is -2.32. The van der Waals surface area contributed by atoms with Gasteiger partial charge in [0.2, 0.25) is 25.4 Å². The standard InChI is InChI=1S/C34H48N16O23P4/c1-47-11-50(27-19(47)29(55)45-34(37)43-27)30-20(51)12(4-64-2)13(69-30)5-67-75(58,59)72-77(62,63)73-76(60,61)68-6-14-16(23(65-3)32(70-14)48-9-40-17-24(35)38-8-39-25(17)48)46-74(56,57)66-7-15-21(52)22(53)31(71-15)49-10-41-18-26(49)42-33(36)44-28(18)54/h8-16,20-23,30-32,51-53H,4-7H2,1-3H3,(H12-,35,36,37,38,39,42,43,44,45,46,54,55,56,57,58,59,60,61,62,63)/t12-,13-,14?,15-,16-,20-,21-,22-,23-,30-,31-,32-/m1/s1. The smallest absolute Gasteiger partial charge is 0.490 e. The number of aliphatic hydroxyl groups is 3. The van der Waals surface area contributed by atoms with Gasteiger partial charge in [-0.25, -0.2) is 43.3 Å². The summed E-state index contributed by atoms with van der Waals surface area (Å²) in [5.41, 5.74) is 15.8. The van der Waals surface area contributed by atoms with Gasteiger partial charge in [-0.3, -0.25) is 46.9 Å². The number of H-pyrrole nitrogens is 2. The molecule has 39 nitrogen and oxygen atoms in total. The van der Waals surface area contributed by atoms with Crippen molar-refractivity contribution in [3.63, 3.8) is 0 Å². The maximum Gasteiger partial charge on any atom is 0.490 e. The van der Waals surface area contributed by atoms with E-state index in [1.54, 1.807) is 0 Å². The third-order valence-electron chi connectivity index (χ3n) is 12.2. The van der Waals surface area contributed by atoms with Gasteiger partial charge in [-0.05, 0) is 0 Å². The van der Waals surface area contributed by atoms with Gasteiger partial charge in [0.05, 0.1) is 58.3 Å². The molecule has 6 aromatic rings. The predicted molar refractivity (Wildman–Crippen MR) is 248 cm³/mol. The fourth-order valence-corrected chi connectivity index (χ4v) is 13.5. The highest BCUT2D eigenvalue weighted by atomic mass is 31.3. The van der Waals surface area contributed by atoms with Gasteiger partial charge in [0.1, 0.15) is 48.5 Å². The van der Waals surface area contributed by atoms with Gasteiger partial charge in [0.15, 0.2) is 41.4 Å². The van der Waals surface area contributed by atoms with E-state index in [-0.39, 0.29) is 57.8 Å². The Morgan fingerprint density at radius 1 is 0.740 bits per heavy atom. The van der Waals surface area contributed by atoms with E-state index in [1.165, 1.54) is 34.2 Å². The topological polar surface area (TPSA) is 557 Å². The largest absolute Gasteiger partial charge is 0.766 e. The van der Waals surface area contributed by atoms with Crippen molar-refractivity contribution in [3.05, 3.63) is 46.0 Å². The molecule has 0 aliphatic carbocycles. The Bertz CT molecular complexity index is 3510. The molecule has 15 N–H and O–H groups in total. The van der Waals surface area contributed by atoms with E-state index in [1.807, 2.05) is 0 Å². The van der Waals surface area contributed by atoms with Crippen molar-refractivity contribution in [2.24, 2.45) is 13.0 Å². The van der Waals surface area contributed by atoms with Crippen LogP contribution >= 0.6 is 31.2 Å². The molecular weight excluding hydrogens is 1120 g/mol. The second kappa shape index (κ2) is 21.5. The fraction of sp³-hybridized carbons (Fsp3) is 0.559. The summed E-state index contributed by atoms with van der Waals surface area (Å²) in [5, 5.41) is 35.2. The second-order valence-corrected chi connectivity index (χ2v) is 23.4. The first-order chi connectivity index (χ1) is 36.2. The Kier molecular flexibility index (Phi) is 15.8. The Morgan fingerprint density at radius 2 is 1.35 bits per heavy atom. The van der Waals surface area contributed by atoms with Crippen molar-refractivity contribution in [1.82, 2.24) is 58.7 Å². The van der Waals surface area contributed by atoms with Gasteiger partial charge >= 0.3 is 29.1 Å². The fourth-order valence-electron chi connectivity index (χ4n) is 8.89. The number of nitrogen functional groups attached to an aromatic ring is 3. The number of nitrogens with two attached hydrogens (primary N) is 3. The number of phosphoric acid groups is 3. The van der Waals surface area contributed by atoms with Crippen LogP contribution in [0.2, 0.25) is 0 Å². The van der Waals surface area contributed by atoms with Gasteiger partial charge < -0.3 is 80.3 Å². The molecular formula is C34H48N16O23P4. The summed E-state index contributed by atoms with van der Waals surface area (Å²) in [4.78, 5) is 99.0. The van der Waals surface area contributed by atoms with E-state index in [9.17, 15) is 62.7 Å². The number of nitrogens with zero attached hydrogens (tertiary/aromatic N) is 10. The number of fused-ring (bicyclic) bond motifs is 3. The number of aromatic amines is 2. The maximum absolute atomic E-state index is 13.7. The zero-order valence-corrected chi connectivity index (χ0v) is 43.3. The van der Waals surface area contributed by atoms with Crippen molar-refractivity contribution in [2.75, 3.05) is 57.8 Å². The van der Waals surface area contributed by atoms with Crippen LogP contribution in [0.15, 0.2) is 34.9 Å². The minimum Gasteiger partial charge on any atom is -0.766 e. The number of imidazole rings is 3. The molecule has 0 saturated carbocycles. The van der Waals surface area contributed by atoms with Crippen molar-refractivity contribution >= 4 is 82.4 Å². The Morgan fingerprint density at radius 3 is 2.03 bits per heavy atom. The lowest BCUT2D eigenvalue weighted by molar-refractivity contribution is -0.745. The molecule has 3 fully saturated rings. The molecule has 422 valence electrons. The highest BCUT2D eigenvalue weighted by molar-refractivity contribution is 7.66. The molecule has 9 heterocycles. The SMILES string of the molecule is COC[C@H]1[C@@H](O)[C@H]([n+]2cn(C)c3c(=O)[nH]c(N)nc32)O[C@@H]1COP(=O)(O)OP(=O)(O)OP(=O)(O)OCC1O[C@@H](n2cnc3c(N)ncnc32)[C@H](OC)[C@@H]1NP(=O)([O-])OC[C@H]1O[C@@H](n2cnc3c(=O)[nH]c(N)nc32)[C@H](O)[C@@H]1O. The van der Waals surface area contributed by atoms with Crippen LogP contribution in [-0.4, -0.2) is 173 Å². The summed E-state index contributed by atoms with van der Waals surface area (Å²) in [6.07, 6.45) is -10.8. The van der Waals surface area contributed by atoms with Crippen molar-refractivity contribution < 1.29 is 104 Å². The minimum atomic E-state index is -6.17. The molecule has 6 aromatic heterocycles. The quantitative estimate of drug-likeness (QED) is 0.0237. The number of aromatic nitrogens is 12. The van der Waals surface area contributed by atoms with E-state index in [0.717, 1.165) is 30.7 Å².